The molecule has 0 aliphatic carbocycles. The van der Waals surface area contributed by atoms with Gasteiger partial charge in [0.05, 0.1) is 10.2 Å². The third-order valence-corrected chi connectivity index (χ3v) is 5.20. The lowest BCUT2D eigenvalue weighted by molar-refractivity contribution is -0.389. The summed E-state index contributed by atoms with van der Waals surface area (Å²) in [5, 5.41) is 14.4. The fraction of sp³-hybridized carbons (Fsp3) is 0.105. The molecule has 0 unspecified atom stereocenters. The number of amides is 1. The molecule has 0 saturated heterocycles. The van der Waals surface area contributed by atoms with Crippen molar-refractivity contribution < 1.29 is 9.72 Å². The fourth-order valence-electron chi connectivity index (χ4n) is 2.71. The number of rotatable bonds is 6. The zero-order valence-electron chi connectivity index (χ0n) is 14.6. The highest BCUT2D eigenvalue weighted by Crippen LogP contribution is 2.30. The molecule has 0 saturated carbocycles. The number of aryl methyl sites for hydroxylation is 1. The molecular formula is C19H15N5O3S. The topological polar surface area (TPSA) is 103 Å². The molecule has 1 amide bonds. The summed E-state index contributed by atoms with van der Waals surface area (Å²) < 4.78 is 2.66. The van der Waals surface area contributed by atoms with Crippen LogP contribution < -0.4 is 5.32 Å². The van der Waals surface area contributed by atoms with Crippen molar-refractivity contribution in [2.45, 2.75) is 13.0 Å². The van der Waals surface area contributed by atoms with Gasteiger partial charge in [0.25, 0.3) is 0 Å². The van der Waals surface area contributed by atoms with Gasteiger partial charge in [0.2, 0.25) is 12.2 Å². The summed E-state index contributed by atoms with van der Waals surface area (Å²) in [6.07, 6.45) is 2.84. The standard InChI is InChI=1S/C19H15N5O3S/c25-18(9-10-23-11-17(20-12-23)24(26)27)21-14-7-5-13(6-8-14)19-22-15-3-1-2-4-16(15)28-19/h1-8,11-12H,9-10H2,(H,21,25). The van der Waals surface area contributed by atoms with Crippen LogP contribution in [-0.4, -0.2) is 25.4 Å². The molecule has 0 bridgehead atoms. The lowest BCUT2D eigenvalue weighted by Gasteiger charge is -2.06. The summed E-state index contributed by atoms with van der Waals surface area (Å²) in [4.78, 5) is 30.4. The molecule has 0 fully saturated rings. The highest BCUT2D eigenvalue weighted by Gasteiger charge is 2.11. The van der Waals surface area contributed by atoms with Gasteiger partial charge in [0, 0.05) is 24.2 Å². The monoisotopic (exact) mass is 393 g/mol. The number of aromatic nitrogens is 3. The van der Waals surface area contributed by atoms with Crippen molar-refractivity contribution in [3.63, 3.8) is 0 Å². The van der Waals surface area contributed by atoms with Crippen molar-refractivity contribution in [3.8, 4) is 10.6 Å². The first-order valence-corrected chi connectivity index (χ1v) is 9.32. The molecule has 0 spiro atoms. The Morgan fingerprint density at radius 2 is 1.96 bits per heavy atom. The van der Waals surface area contributed by atoms with Crippen LogP contribution in [0, 0.1) is 10.1 Å². The Labute approximate surface area is 163 Å². The van der Waals surface area contributed by atoms with Crippen LogP contribution in [0.25, 0.3) is 20.8 Å². The maximum absolute atomic E-state index is 12.1. The zero-order chi connectivity index (χ0) is 19.5. The molecule has 140 valence electrons. The number of para-hydroxylation sites is 1. The van der Waals surface area contributed by atoms with Gasteiger partial charge in [-0.05, 0) is 46.3 Å². The number of carbonyl (C=O) groups is 1. The van der Waals surface area contributed by atoms with Crippen LogP contribution in [0.15, 0.2) is 61.1 Å². The number of hydrogen-bond acceptors (Lipinski definition) is 6. The molecule has 4 aromatic rings. The first-order chi connectivity index (χ1) is 13.6. The van der Waals surface area contributed by atoms with Crippen LogP contribution in [0.2, 0.25) is 0 Å². The van der Waals surface area contributed by atoms with E-state index in [4.69, 9.17) is 0 Å². The molecule has 1 N–H and O–H groups in total. The van der Waals surface area contributed by atoms with Gasteiger partial charge in [-0.25, -0.2) is 4.98 Å². The van der Waals surface area contributed by atoms with E-state index in [1.165, 1.54) is 17.1 Å². The van der Waals surface area contributed by atoms with Gasteiger partial charge >= 0.3 is 5.82 Å². The lowest BCUT2D eigenvalue weighted by Crippen LogP contribution is -2.13. The van der Waals surface area contributed by atoms with E-state index in [9.17, 15) is 14.9 Å². The van der Waals surface area contributed by atoms with Crippen LogP contribution in [-0.2, 0) is 11.3 Å². The summed E-state index contributed by atoms with van der Waals surface area (Å²) in [5.41, 5.74) is 2.65. The number of thiazole rings is 1. The van der Waals surface area contributed by atoms with Gasteiger partial charge < -0.3 is 20.0 Å². The number of nitrogens with one attached hydrogen (secondary N) is 1. The molecule has 2 aromatic carbocycles. The van der Waals surface area contributed by atoms with E-state index in [1.54, 1.807) is 11.3 Å². The van der Waals surface area contributed by atoms with Crippen molar-refractivity contribution in [2.75, 3.05) is 5.32 Å². The lowest BCUT2D eigenvalue weighted by atomic mass is 10.2. The number of nitrogens with zero attached hydrogens (tertiary/aromatic N) is 4. The molecule has 2 aromatic heterocycles. The van der Waals surface area contributed by atoms with Crippen LogP contribution >= 0.6 is 11.3 Å². The molecule has 4 rings (SSSR count). The van der Waals surface area contributed by atoms with E-state index >= 15 is 0 Å². The number of imidazole rings is 1. The third kappa shape index (κ3) is 3.89. The molecule has 0 aliphatic rings. The molecule has 8 nitrogen and oxygen atoms in total. The fourth-order valence-corrected chi connectivity index (χ4v) is 3.68. The minimum Gasteiger partial charge on any atom is -0.358 e. The zero-order valence-corrected chi connectivity index (χ0v) is 15.4. The molecule has 0 radical (unpaired) electrons. The summed E-state index contributed by atoms with van der Waals surface area (Å²) >= 11 is 1.62. The van der Waals surface area contributed by atoms with Crippen molar-refractivity contribution >= 4 is 39.0 Å². The van der Waals surface area contributed by atoms with E-state index in [0.717, 1.165) is 20.8 Å². The van der Waals surface area contributed by atoms with E-state index in [2.05, 4.69) is 15.3 Å². The molecule has 0 aliphatic heterocycles. The SMILES string of the molecule is O=C(CCn1cnc([N+](=O)[O-])c1)Nc1ccc(-c2nc3ccccc3s2)cc1. The normalized spacial score (nSPS) is 10.9. The van der Waals surface area contributed by atoms with Gasteiger partial charge in [-0.15, -0.1) is 11.3 Å². The van der Waals surface area contributed by atoms with Gasteiger partial charge in [-0.3, -0.25) is 4.79 Å². The smallest absolute Gasteiger partial charge is 0.358 e. The average molecular weight is 393 g/mol. The molecule has 9 heteroatoms. The first-order valence-electron chi connectivity index (χ1n) is 8.50. The second kappa shape index (κ2) is 7.57. The number of hydrogen-bond donors (Lipinski definition) is 1. The highest BCUT2D eigenvalue weighted by atomic mass is 32.1. The maximum atomic E-state index is 12.1. The summed E-state index contributed by atoms with van der Waals surface area (Å²) in [6.45, 7) is 0.316. The first kappa shape index (κ1) is 17.8. The minimum absolute atomic E-state index is 0.177. The largest absolute Gasteiger partial charge is 0.381 e. The van der Waals surface area contributed by atoms with E-state index in [0.29, 0.717) is 12.2 Å². The van der Waals surface area contributed by atoms with Crippen molar-refractivity contribution in [2.24, 2.45) is 0 Å². The van der Waals surface area contributed by atoms with Crippen LogP contribution in [0.3, 0.4) is 0 Å². The Kier molecular flexibility index (Phi) is 4.81. The Morgan fingerprint density at radius 1 is 1.18 bits per heavy atom. The summed E-state index contributed by atoms with van der Waals surface area (Å²) in [5.74, 6) is -0.407. The third-order valence-electron chi connectivity index (χ3n) is 4.11. The van der Waals surface area contributed by atoms with Crippen molar-refractivity contribution in [1.29, 1.82) is 0 Å². The number of nitro groups is 1. The van der Waals surface area contributed by atoms with Crippen LogP contribution in [0.5, 0.6) is 0 Å². The Balaban J connectivity index is 1.37. The second-order valence-electron chi connectivity index (χ2n) is 6.09. The minimum atomic E-state index is -0.566. The average Bonchev–Trinajstić information content (AvgIpc) is 3.34. The Hall–Kier alpha value is -3.59. The number of benzene rings is 2. The van der Waals surface area contributed by atoms with E-state index in [-0.39, 0.29) is 18.1 Å². The van der Waals surface area contributed by atoms with Gasteiger partial charge in [0.1, 0.15) is 11.2 Å². The quantitative estimate of drug-likeness (QED) is 0.392. The van der Waals surface area contributed by atoms with Gasteiger partial charge in [-0.2, -0.15) is 0 Å². The van der Waals surface area contributed by atoms with Crippen molar-refractivity contribution in [3.05, 3.63) is 71.2 Å². The second-order valence-corrected chi connectivity index (χ2v) is 7.12. The number of anilines is 1. The molecular weight excluding hydrogens is 378 g/mol. The van der Waals surface area contributed by atoms with Crippen LogP contribution in [0.1, 0.15) is 6.42 Å². The van der Waals surface area contributed by atoms with E-state index < -0.39 is 4.92 Å². The van der Waals surface area contributed by atoms with E-state index in [1.807, 2.05) is 48.5 Å². The number of fused-ring (bicyclic) bond motifs is 1. The molecule has 2 heterocycles. The predicted octanol–water partition coefficient (Wildman–Crippen LogP) is 4.10. The summed E-state index contributed by atoms with van der Waals surface area (Å²) in [6, 6.07) is 15.5. The predicted molar refractivity (Wildman–Crippen MR) is 107 cm³/mol. The van der Waals surface area contributed by atoms with Gasteiger partial charge in [-0.1, -0.05) is 12.1 Å². The van der Waals surface area contributed by atoms with Crippen molar-refractivity contribution in [1.82, 2.24) is 14.5 Å². The molecule has 28 heavy (non-hydrogen) atoms. The van der Waals surface area contributed by atoms with Crippen LogP contribution in [0.4, 0.5) is 11.5 Å². The molecule has 0 atom stereocenters. The summed E-state index contributed by atoms with van der Waals surface area (Å²) in [7, 11) is 0. The van der Waals surface area contributed by atoms with Gasteiger partial charge in [0.15, 0.2) is 0 Å². The maximum Gasteiger partial charge on any atom is 0.381 e. The Morgan fingerprint density at radius 3 is 2.68 bits per heavy atom. The number of carbonyl (C=O) groups excluding carboxylic acids is 1. The highest BCUT2D eigenvalue weighted by molar-refractivity contribution is 7.21. The Bertz CT molecular complexity index is 1120.